The summed E-state index contributed by atoms with van der Waals surface area (Å²) >= 11 is 0. The Balaban J connectivity index is 2.15. The van der Waals surface area contributed by atoms with Crippen LogP contribution in [0.25, 0.3) is 0 Å². The molecule has 0 amide bonds. The molecule has 0 N–H and O–H groups in total. The molecule has 0 radical (unpaired) electrons. The first-order valence-corrected chi connectivity index (χ1v) is 6.99. The van der Waals surface area contributed by atoms with E-state index in [1.54, 1.807) is 0 Å². The van der Waals surface area contributed by atoms with Crippen molar-refractivity contribution in [2.75, 3.05) is 18.0 Å². The van der Waals surface area contributed by atoms with Gasteiger partial charge in [0.05, 0.1) is 6.54 Å². The summed E-state index contributed by atoms with van der Waals surface area (Å²) in [5.41, 5.74) is 3.98. The van der Waals surface area contributed by atoms with Crippen LogP contribution in [0, 0.1) is 12.8 Å². The summed E-state index contributed by atoms with van der Waals surface area (Å²) in [5.74, 6) is 0.548. The molecule has 1 aromatic rings. The maximum absolute atomic E-state index is 12.1. The molecule has 0 saturated heterocycles. The highest BCUT2D eigenvalue weighted by molar-refractivity contribution is 5.85. The summed E-state index contributed by atoms with van der Waals surface area (Å²) in [6.45, 7) is 7.82. The van der Waals surface area contributed by atoms with E-state index in [0.29, 0.717) is 12.3 Å². The lowest BCUT2D eigenvalue weighted by molar-refractivity contribution is -0.121. The Morgan fingerprint density at radius 2 is 2.22 bits per heavy atom. The summed E-state index contributed by atoms with van der Waals surface area (Å²) in [4.78, 5) is 14.3. The highest BCUT2D eigenvalue weighted by atomic mass is 16.1. The van der Waals surface area contributed by atoms with Crippen molar-refractivity contribution in [1.82, 2.24) is 0 Å². The lowest BCUT2D eigenvalue weighted by Gasteiger charge is -2.31. The van der Waals surface area contributed by atoms with Gasteiger partial charge in [-0.2, -0.15) is 0 Å². The Bertz CT molecular complexity index is 439. The monoisotopic (exact) mass is 245 g/mol. The van der Waals surface area contributed by atoms with Gasteiger partial charge in [-0.15, -0.1) is 0 Å². The standard InChI is InChI=1S/C16H23NO/c1-4-13(3)16(18)11-17-9-5-6-14-10-12(2)7-8-15(14)17/h7-8,10,13H,4-6,9,11H2,1-3H3. The van der Waals surface area contributed by atoms with Crippen LogP contribution in [0.5, 0.6) is 0 Å². The predicted molar refractivity (Wildman–Crippen MR) is 76.2 cm³/mol. The zero-order chi connectivity index (χ0) is 13.1. The molecule has 1 unspecified atom stereocenters. The van der Waals surface area contributed by atoms with Gasteiger partial charge in [-0.25, -0.2) is 0 Å². The number of hydrogen-bond acceptors (Lipinski definition) is 2. The average molecular weight is 245 g/mol. The molecule has 1 heterocycles. The molecule has 1 aliphatic rings. The van der Waals surface area contributed by atoms with Crippen LogP contribution in [0.1, 0.15) is 37.8 Å². The number of Topliss-reactive ketones (excluding diaryl/α,β-unsaturated/α-hetero) is 1. The molecule has 2 heteroatoms. The molecule has 18 heavy (non-hydrogen) atoms. The number of hydrogen-bond donors (Lipinski definition) is 0. The Kier molecular flexibility index (Phi) is 4.05. The SMILES string of the molecule is CCC(C)C(=O)CN1CCCc2cc(C)ccc21. The molecule has 0 saturated carbocycles. The molecular formula is C16H23NO. The van der Waals surface area contributed by atoms with E-state index in [9.17, 15) is 4.79 Å². The van der Waals surface area contributed by atoms with Crippen LogP contribution >= 0.6 is 0 Å². The van der Waals surface area contributed by atoms with Crippen molar-refractivity contribution in [2.24, 2.45) is 5.92 Å². The minimum atomic E-state index is 0.181. The predicted octanol–water partition coefficient (Wildman–Crippen LogP) is 3.36. The molecule has 0 aliphatic carbocycles. The van der Waals surface area contributed by atoms with E-state index in [-0.39, 0.29) is 5.92 Å². The molecule has 98 valence electrons. The summed E-state index contributed by atoms with van der Waals surface area (Å²) < 4.78 is 0. The average Bonchev–Trinajstić information content (AvgIpc) is 2.37. The first kappa shape index (κ1) is 13.1. The van der Waals surface area contributed by atoms with Crippen LogP contribution in [0.2, 0.25) is 0 Å². The Morgan fingerprint density at radius 1 is 1.44 bits per heavy atom. The topological polar surface area (TPSA) is 20.3 Å². The number of rotatable bonds is 4. The number of carbonyl (C=O) groups is 1. The third-order valence-corrected chi connectivity index (χ3v) is 3.96. The lowest BCUT2D eigenvalue weighted by Crippen LogP contribution is -2.36. The fraction of sp³-hybridized carbons (Fsp3) is 0.562. The van der Waals surface area contributed by atoms with E-state index >= 15 is 0 Å². The summed E-state index contributed by atoms with van der Waals surface area (Å²) in [7, 11) is 0. The van der Waals surface area contributed by atoms with Crippen molar-refractivity contribution in [1.29, 1.82) is 0 Å². The van der Waals surface area contributed by atoms with Gasteiger partial charge in [-0.3, -0.25) is 4.79 Å². The molecule has 0 fully saturated rings. The van der Waals surface area contributed by atoms with Crippen LogP contribution < -0.4 is 4.90 Å². The third kappa shape index (κ3) is 2.74. The third-order valence-electron chi connectivity index (χ3n) is 3.96. The molecular weight excluding hydrogens is 222 g/mol. The van der Waals surface area contributed by atoms with Crippen molar-refractivity contribution in [3.05, 3.63) is 29.3 Å². The fourth-order valence-electron chi connectivity index (χ4n) is 2.54. The van der Waals surface area contributed by atoms with E-state index in [2.05, 4.69) is 36.9 Å². The molecule has 2 rings (SSSR count). The molecule has 1 aromatic carbocycles. The molecule has 2 nitrogen and oxygen atoms in total. The van der Waals surface area contributed by atoms with E-state index in [1.807, 2.05) is 6.92 Å². The fourth-order valence-corrected chi connectivity index (χ4v) is 2.54. The van der Waals surface area contributed by atoms with Gasteiger partial charge in [-0.05, 0) is 37.8 Å². The number of ketones is 1. The minimum Gasteiger partial charge on any atom is -0.364 e. The second-order valence-electron chi connectivity index (χ2n) is 5.43. The van der Waals surface area contributed by atoms with Crippen LogP contribution in [0.15, 0.2) is 18.2 Å². The minimum absolute atomic E-state index is 0.181. The van der Waals surface area contributed by atoms with Gasteiger partial charge in [0.2, 0.25) is 0 Å². The van der Waals surface area contributed by atoms with E-state index in [0.717, 1.165) is 25.8 Å². The summed E-state index contributed by atoms with van der Waals surface area (Å²) in [6.07, 6.45) is 3.24. The van der Waals surface area contributed by atoms with Gasteiger partial charge >= 0.3 is 0 Å². The quantitative estimate of drug-likeness (QED) is 0.810. The first-order chi connectivity index (χ1) is 8.61. The first-order valence-electron chi connectivity index (χ1n) is 6.99. The van der Waals surface area contributed by atoms with Crippen molar-refractivity contribution >= 4 is 11.5 Å². The van der Waals surface area contributed by atoms with E-state index in [4.69, 9.17) is 0 Å². The smallest absolute Gasteiger partial charge is 0.154 e. The molecule has 1 atom stereocenters. The van der Waals surface area contributed by atoms with Crippen LogP contribution in [0.4, 0.5) is 5.69 Å². The van der Waals surface area contributed by atoms with Crippen molar-refractivity contribution < 1.29 is 4.79 Å². The van der Waals surface area contributed by atoms with Crippen molar-refractivity contribution in [3.63, 3.8) is 0 Å². The number of fused-ring (bicyclic) bond motifs is 1. The number of aryl methyl sites for hydroxylation is 2. The van der Waals surface area contributed by atoms with Gasteiger partial charge in [0.25, 0.3) is 0 Å². The number of nitrogens with zero attached hydrogens (tertiary/aromatic N) is 1. The van der Waals surface area contributed by atoms with Crippen molar-refractivity contribution in [3.8, 4) is 0 Å². The second-order valence-corrected chi connectivity index (χ2v) is 5.43. The lowest BCUT2D eigenvalue weighted by atomic mass is 9.97. The number of carbonyl (C=O) groups excluding carboxylic acids is 1. The molecule has 0 bridgehead atoms. The molecule has 0 aromatic heterocycles. The van der Waals surface area contributed by atoms with E-state index < -0.39 is 0 Å². The van der Waals surface area contributed by atoms with E-state index in [1.165, 1.54) is 16.8 Å². The Hall–Kier alpha value is -1.31. The normalized spacial score (nSPS) is 16.3. The second kappa shape index (κ2) is 5.55. The Morgan fingerprint density at radius 3 is 2.94 bits per heavy atom. The highest BCUT2D eigenvalue weighted by Crippen LogP contribution is 2.28. The molecule has 0 spiro atoms. The Labute approximate surface area is 110 Å². The van der Waals surface area contributed by atoms with Gasteiger partial charge in [0.1, 0.15) is 0 Å². The summed E-state index contributed by atoms with van der Waals surface area (Å²) in [5, 5.41) is 0. The van der Waals surface area contributed by atoms with Crippen LogP contribution in [-0.2, 0) is 11.2 Å². The summed E-state index contributed by atoms with van der Waals surface area (Å²) in [6, 6.07) is 6.58. The van der Waals surface area contributed by atoms with Crippen molar-refractivity contribution in [2.45, 2.75) is 40.0 Å². The van der Waals surface area contributed by atoms with Gasteiger partial charge in [-0.1, -0.05) is 31.5 Å². The zero-order valence-electron chi connectivity index (χ0n) is 11.7. The number of anilines is 1. The van der Waals surface area contributed by atoms with Gasteiger partial charge in [0.15, 0.2) is 5.78 Å². The zero-order valence-corrected chi connectivity index (χ0v) is 11.7. The number of benzene rings is 1. The van der Waals surface area contributed by atoms with Crippen LogP contribution in [0.3, 0.4) is 0 Å². The van der Waals surface area contributed by atoms with Gasteiger partial charge < -0.3 is 4.90 Å². The maximum atomic E-state index is 12.1. The van der Waals surface area contributed by atoms with Crippen LogP contribution in [-0.4, -0.2) is 18.9 Å². The van der Waals surface area contributed by atoms with Gasteiger partial charge in [0, 0.05) is 18.2 Å². The largest absolute Gasteiger partial charge is 0.364 e. The maximum Gasteiger partial charge on any atom is 0.154 e. The molecule has 1 aliphatic heterocycles. The highest BCUT2D eigenvalue weighted by Gasteiger charge is 2.20.